The van der Waals surface area contributed by atoms with Crippen LogP contribution in [0, 0.1) is 11.8 Å². The average Bonchev–Trinajstić information content (AvgIpc) is 2.83. The number of rotatable bonds is 2. The van der Waals surface area contributed by atoms with E-state index in [0.717, 1.165) is 32.4 Å². The van der Waals surface area contributed by atoms with Crippen molar-refractivity contribution in [1.82, 2.24) is 10.2 Å². The summed E-state index contributed by atoms with van der Waals surface area (Å²) in [7, 11) is 0. The highest BCUT2D eigenvalue weighted by molar-refractivity contribution is 5.75. The van der Waals surface area contributed by atoms with Crippen LogP contribution in [0.25, 0.3) is 0 Å². The molecule has 21 heavy (non-hydrogen) atoms. The number of aliphatic hydroxyl groups excluding tert-OH is 1. The minimum absolute atomic E-state index is 0.0416. The van der Waals surface area contributed by atoms with Crippen molar-refractivity contribution in [3.8, 4) is 0 Å². The second kappa shape index (κ2) is 6.06. The minimum atomic E-state index is 0.0416. The Morgan fingerprint density at radius 2 is 2.05 bits per heavy atom. The first-order valence-corrected chi connectivity index (χ1v) is 7.93. The maximum absolute atomic E-state index is 12.5. The molecule has 1 aromatic carbocycles. The van der Waals surface area contributed by atoms with E-state index in [1.165, 1.54) is 11.1 Å². The molecule has 2 amide bonds. The van der Waals surface area contributed by atoms with Crippen molar-refractivity contribution < 1.29 is 9.90 Å². The normalized spacial score (nSPS) is 25.7. The van der Waals surface area contributed by atoms with Crippen LogP contribution in [0.3, 0.4) is 0 Å². The largest absolute Gasteiger partial charge is 0.396 e. The third-order valence-corrected chi connectivity index (χ3v) is 4.94. The molecule has 1 heterocycles. The predicted molar refractivity (Wildman–Crippen MR) is 82.0 cm³/mol. The number of fused-ring (bicyclic) bond motifs is 1. The molecular weight excluding hydrogens is 264 g/mol. The molecule has 2 atom stereocenters. The van der Waals surface area contributed by atoms with Crippen LogP contribution < -0.4 is 5.32 Å². The number of nitrogens with one attached hydrogen (secondary N) is 1. The Balaban J connectivity index is 1.63. The van der Waals surface area contributed by atoms with Crippen LogP contribution in [0.2, 0.25) is 0 Å². The number of likely N-dealkylation sites (tertiary alicyclic amines) is 1. The van der Waals surface area contributed by atoms with Crippen LogP contribution in [0.15, 0.2) is 24.3 Å². The van der Waals surface area contributed by atoms with Crippen molar-refractivity contribution in [1.29, 1.82) is 0 Å². The third-order valence-electron chi connectivity index (χ3n) is 4.94. The van der Waals surface area contributed by atoms with Gasteiger partial charge >= 0.3 is 6.03 Å². The van der Waals surface area contributed by atoms with Crippen molar-refractivity contribution in [2.45, 2.75) is 32.2 Å². The molecule has 114 valence electrons. The molecule has 2 aliphatic rings. The molecule has 4 heteroatoms. The van der Waals surface area contributed by atoms with Gasteiger partial charge in [-0.25, -0.2) is 4.79 Å². The van der Waals surface area contributed by atoms with Gasteiger partial charge in [-0.15, -0.1) is 0 Å². The molecular formula is C17H24N2O2. The lowest BCUT2D eigenvalue weighted by Crippen LogP contribution is -2.46. The first kappa shape index (κ1) is 14.4. The molecule has 3 rings (SSSR count). The van der Waals surface area contributed by atoms with E-state index in [9.17, 15) is 9.90 Å². The first-order chi connectivity index (χ1) is 10.2. The zero-order chi connectivity index (χ0) is 14.8. The summed E-state index contributed by atoms with van der Waals surface area (Å²) in [4.78, 5) is 14.3. The Labute approximate surface area is 126 Å². The second-order valence-corrected chi connectivity index (χ2v) is 6.42. The molecule has 4 nitrogen and oxygen atoms in total. The Hall–Kier alpha value is -1.55. The average molecular weight is 288 g/mol. The van der Waals surface area contributed by atoms with Gasteiger partial charge in [-0.1, -0.05) is 31.2 Å². The van der Waals surface area contributed by atoms with Gasteiger partial charge in [-0.3, -0.25) is 0 Å². The van der Waals surface area contributed by atoms with Crippen molar-refractivity contribution in [2.24, 2.45) is 11.8 Å². The van der Waals surface area contributed by atoms with Crippen LogP contribution in [-0.2, 0) is 6.42 Å². The van der Waals surface area contributed by atoms with Gasteiger partial charge in [0.05, 0.1) is 6.04 Å². The Morgan fingerprint density at radius 3 is 2.76 bits per heavy atom. The molecule has 1 aliphatic heterocycles. The number of hydrogen-bond donors (Lipinski definition) is 2. The maximum Gasteiger partial charge on any atom is 0.317 e. The fourth-order valence-corrected chi connectivity index (χ4v) is 3.56. The summed E-state index contributed by atoms with van der Waals surface area (Å²) in [6.45, 7) is 3.94. The van der Waals surface area contributed by atoms with Crippen LogP contribution in [0.1, 0.15) is 36.9 Å². The molecule has 1 aromatic rings. The van der Waals surface area contributed by atoms with Crippen molar-refractivity contribution in [3.05, 3.63) is 35.4 Å². The SMILES string of the molecule is CC1Cc2ccccc2C1NC(=O)N1CCC(CO)CC1. The minimum Gasteiger partial charge on any atom is -0.396 e. The molecule has 1 aliphatic carbocycles. The Bertz CT molecular complexity index is 509. The number of urea groups is 1. The fraction of sp³-hybridized carbons (Fsp3) is 0.588. The number of aliphatic hydroxyl groups is 1. The second-order valence-electron chi connectivity index (χ2n) is 6.42. The van der Waals surface area contributed by atoms with Gasteiger partial charge in [-0.2, -0.15) is 0 Å². The smallest absolute Gasteiger partial charge is 0.317 e. The van der Waals surface area contributed by atoms with Crippen LogP contribution >= 0.6 is 0 Å². The Morgan fingerprint density at radius 1 is 1.33 bits per heavy atom. The topological polar surface area (TPSA) is 52.6 Å². The predicted octanol–water partition coefficient (Wildman–Crippen LogP) is 2.33. The molecule has 0 saturated carbocycles. The molecule has 1 fully saturated rings. The van der Waals surface area contributed by atoms with Crippen molar-refractivity contribution in [3.63, 3.8) is 0 Å². The lowest BCUT2D eigenvalue weighted by molar-refractivity contribution is 0.134. The van der Waals surface area contributed by atoms with Gasteiger partial charge in [0.2, 0.25) is 0 Å². The highest BCUT2D eigenvalue weighted by Crippen LogP contribution is 2.35. The summed E-state index contributed by atoms with van der Waals surface area (Å²) in [5, 5.41) is 12.4. The number of nitrogens with zero attached hydrogens (tertiary/aromatic N) is 1. The van der Waals surface area contributed by atoms with Gasteiger partial charge in [-0.05, 0) is 42.2 Å². The van der Waals surface area contributed by atoms with E-state index in [4.69, 9.17) is 0 Å². The lowest BCUT2D eigenvalue weighted by atomic mass is 9.98. The van der Waals surface area contributed by atoms with Crippen LogP contribution in [0.4, 0.5) is 4.79 Å². The van der Waals surface area contributed by atoms with Crippen molar-refractivity contribution >= 4 is 6.03 Å². The maximum atomic E-state index is 12.5. The van der Waals surface area contributed by atoms with Gasteiger partial charge < -0.3 is 15.3 Å². The van der Waals surface area contributed by atoms with E-state index in [-0.39, 0.29) is 18.7 Å². The van der Waals surface area contributed by atoms with E-state index in [1.807, 2.05) is 11.0 Å². The number of piperidine rings is 1. The lowest BCUT2D eigenvalue weighted by Gasteiger charge is -2.32. The molecule has 0 bridgehead atoms. The van der Waals surface area contributed by atoms with E-state index in [0.29, 0.717) is 11.8 Å². The van der Waals surface area contributed by atoms with Gasteiger partial charge in [0.15, 0.2) is 0 Å². The molecule has 0 radical (unpaired) electrons. The number of carbonyl (C=O) groups excluding carboxylic acids is 1. The van der Waals surface area contributed by atoms with E-state index in [1.54, 1.807) is 0 Å². The molecule has 0 aromatic heterocycles. The summed E-state index contributed by atoms with van der Waals surface area (Å²) in [5.41, 5.74) is 2.62. The van der Waals surface area contributed by atoms with E-state index in [2.05, 4.69) is 30.4 Å². The summed E-state index contributed by atoms with van der Waals surface area (Å²) < 4.78 is 0. The van der Waals surface area contributed by atoms with E-state index < -0.39 is 0 Å². The zero-order valence-corrected chi connectivity index (χ0v) is 12.6. The molecule has 2 N–H and O–H groups in total. The monoisotopic (exact) mass is 288 g/mol. The van der Waals surface area contributed by atoms with Gasteiger partial charge in [0.25, 0.3) is 0 Å². The van der Waals surface area contributed by atoms with Gasteiger partial charge in [0.1, 0.15) is 0 Å². The molecule has 0 spiro atoms. The molecule has 1 saturated heterocycles. The summed E-state index contributed by atoms with van der Waals surface area (Å²) >= 11 is 0. The van der Waals surface area contributed by atoms with Crippen LogP contribution in [0.5, 0.6) is 0 Å². The number of benzene rings is 1. The number of hydrogen-bond acceptors (Lipinski definition) is 2. The summed E-state index contributed by atoms with van der Waals surface area (Å²) in [6, 6.07) is 8.56. The summed E-state index contributed by atoms with van der Waals surface area (Å²) in [5.74, 6) is 0.807. The quantitative estimate of drug-likeness (QED) is 0.877. The summed E-state index contributed by atoms with van der Waals surface area (Å²) in [6.07, 6.45) is 2.84. The van der Waals surface area contributed by atoms with E-state index >= 15 is 0 Å². The van der Waals surface area contributed by atoms with Gasteiger partial charge in [0, 0.05) is 19.7 Å². The fourth-order valence-electron chi connectivity index (χ4n) is 3.56. The van der Waals surface area contributed by atoms with Crippen LogP contribution in [-0.4, -0.2) is 35.7 Å². The third kappa shape index (κ3) is 2.91. The number of carbonyl (C=O) groups is 1. The first-order valence-electron chi connectivity index (χ1n) is 7.93. The zero-order valence-electron chi connectivity index (χ0n) is 12.6. The van der Waals surface area contributed by atoms with Crippen molar-refractivity contribution in [2.75, 3.05) is 19.7 Å². The number of amides is 2. The highest BCUT2D eigenvalue weighted by atomic mass is 16.3. The highest BCUT2D eigenvalue weighted by Gasteiger charge is 2.32. The standard InChI is InChI=1S/C17H24N2O2/c1-12-10-14-4-2-3-5-15(14)16(12)18-17(21)19-8-6-13(11-20)7-9-19/h2-5,12-13,16,20H,6-11H2,1H3,(H,18,21). The molecule has 2 unspecified atom stereocenters. The Kier molecular flexibility index (Phi) is 4.15.